The minimum absolute atomic E-state index is 0.715. The molecule has 0 aliphatic rings. The predicted molar refractivity (Wildman–Crippen MR) is 57.3 cm³/mol. The monoisotopic (exact) mass is 196 g/mol. The average molecular weight is 197 g/mol. The van der Waals surface area contributed by atoms with Crippen molar-refractivity contribution in [1.82, 2.24) is 0 Å². The maximum Gasteiger partial charge on any atom is 0.135 e. The normalized spacial score (nSPS) is 9.54. The SMILES string of the molecule is CC.Cc1coc2cc(Cl)ccc12. The molecule has 0 spiro atoms. The van der Waals surface area contributed by atoms with Gasteiger partial charge in [-0.1, -0.05) is 25.4 Å². The van der Waals surface area contributed by atoms with E-state index < -0.39 is 0 Å². The molecule has 2 rings (SSSR count). The fourth-order valence-electron chi connectivity index (χ4n) is 1.13. The van der Waals surface area contributed by atoms with Crippen LogP contribution >= 0.6 is 11.6 Å². The summed E-state index contributed by atoms with van der Waals surface area (Å²) in [5.41, 5.74) is 2.01. The Bertz CT molecular complexity index is 390. The van der Waals surface area contributed by atoms with Gasteiger partial charge in [-0.3, -0.25) is 0 Å². The van der Waals surface area contributed by atoms with Gasteiger partial charge in [0.15, 0.2) is 0 Å². The van der Waals surface area contributed by atoms with Crippen LogP contribution in [0.2, 0.25) is 5.02 Å². The fraction of sp³-hybridized carbons (Fsp3) is 0.273. The van der Waals surface area contributed by atoms with Crippen LogP contribution in [0.15, 0.2) is 28.9 Å². The van der Waals surface area contributed by atoms with Gasteiger partial charge in [-0.2, -0.15) is 0 Å². The smallest absolute Gasteiger partial charge is 0.135 e. The first-order valence-corrected chi connectivity index (χ1v) is 4.78. The van der Waals surface area contributed by atoms with Crippen LogP contribution in [0.5, 0.6) is 0 Å². The molecule has 13 heavy (non-hydrogen) atoms. The Morgan fingerprint density at radius 3 is 2.62 bits per heavy atom. The fourth-order valence-corrected chi connectivity index (χ4v) is 1.30. The Morgan fingerprint density at radius 1 is 1.23 bits per heavy atom. The number of hydrogen-bond donors (Lipinski definition) is 0. The second-order valence-corrected chi connectivity index (χ2v) is 3.00. The standard InChI is InChI=1S/C9H7ClO.C2H6/c1-6-5-11-9-4-7(10)2-3-8(6)9;1-2/h2-5H,1H3;1-2H3. The predicted octanol–water partition coefficient (Wildman–Crippen LogP) is 4.42. The van der Waals surface area contributed by atoms with E-state index in [0.29, 0.717) is 5.02 Å². The zero-order valence-corrected chi connectivity index (χ0v) is 8.85. The maximum atomic E-state index is 5.77. The Balaban J connectivity index is 0.000000396. The van der Waals surface area contributed by atoms with Crippen LogP contribution in [0.3, 0.4) is 0 Å². The van der Waals surface area contributed by atoms with Crippen molar-refractivity contribution in [2.24, 2.45) is 0 Å². The van der Waals surface area contributed by atoms with Crippen LogP contribution < -0.4 is 0 Å². The van der Waals surface area contributed by atoms with E-state index in [2.05, 4.69) is 0 Å². The largest absolute Gasteiger partial charge is 0.464 e. The first-order chi connectivity index (χ1) is 6.27. The zero-order chi connectivity index (χ0) is 9.84. The molecule has 0 atom stereocenters. The number of hydrogen-bond acceptors (Lipinski definition) is 1. The number of halogens is 1. The number of rotatable bonds is 0. The van der Waals surface area contributed by atoms with Crippen LogP contribution in [0.1, 0.15) is 19.4 Å². The van der Waals surface area contributed by atoms with Crippen LogP contribution in [0, 0.1) is 6.92 Å². The Labute approximate surface area is 83.3 Å². The van der Waals surface area contributed by atoms with Crippen molar-refractivity contribution >= 4 is 22.6 Å². The van der Waals surface area contributed by atoms with Crippen LogP contribution in [0.25, 0.3) is 11.0 Å². The number of fused-ring (bicyclic) bond motifs is 1. The summed E-state index contributed by atoms with van der Waals surface area (Å²) in [6, 6.07) is 5.66. The lowest BCUT2D eigenvalue weighted by Crippen LogP contribution is -1.66. The van der Waals surface area contributed by atoms with E-state index in [1.807, 2.05) is 39.0 Å². The summed E-state index contributed by atoms with van der Waals surface area (Å²) >= 11 is 5.77. The molecule has 0 saturated carbocycles. The first-order valence-electron chi connectivity index (χ1n) is 4.41. The Kier molecular flexibility index (Phi) is 3.38. The summed E-state index contributed by atoms with van der Waals surface area (Å²) in [7, 11) is 0. The summed E-state index contributed by atoms with van der Waals surface area (Å²) in [5, 5.41) is 1.85. The molecule has 1 nitrogen and oxygen atoms in total. The van der Waals surface area contributed by atoms with Gasteiger partial charge < -0.3 is 4.42 Å². The van der Waals surface area contributed by atoms with Gasteiger partial charge in [0.05, 0.1) is 6.26 Å². The molecule has 0 amide bonds. The molecule has 2 aromatic rings. The van der Waals surface area contributed by atoms with Crippen molar-refractivity contribution in [3.05, 3.63) is 35.0 Å². The molecule has 2 heteroatoms. The van der Waals surface area contributed by atoms with Crippen molar-refractivity contribution in [2.75, 3.05) is 0 Å². The molecular weight excluding hydrogens is 184 g/mol. The van der Waals surface area contributed by atoms with E-state index in [-0.39, 0.29) is 0 Å². The summed E-state index contributed by atoms with van der Waals surface area (Å²) in [6.45, 7) is 6.01. The second kappa shape index (κ2) is 4.33. The molecule has 0 unspecified atom stereocenters. The lowest BCUT2D eigenvalue weighted by Gasteiger charge is -1.89. The number of aryl methyl sites for hydroxylation is 1. The first kappa shape index (κ1) is 10.1. The number of furan rings is 1. The molecule has 1 aromatic carbocycles. The van der Waals surface area contributed by atoms with Gasteiger partial charge in [-0.05, 0) is 30.7 Å². The van der Waals surface area contributed by atoms with E-state index >= 15 is 0 Å². The van der Waals surface area contributed by atoms with Crippen LogP contribution in [-0.2, 0) is 0 Å². The molecular formula is C11H13ClO. The summed E-state index contributed by atoms with van der Waals surface area (Å²) in [6.07, 6.45) is 1.74. The molecule has 0 radical (unpaired) electrons. The lowest BCUT2D eigenvalue weighted by molar-refractivity contribution is 0.613. The molecule has 70 valence electrons. The van der Waals surface area contributed by atoms with Gasteiger partial charge in [0, 0.05) is 10.4 Å². The maximum absolute atomic E-state index is 5.77. The molecule has 0 aliphatic heterocycles. The Hall–Kier alpha value is -0.950. The molecule has 0 N–H and O–H groups in total. The third kappa shape index (κ3) is 2.04. The lowest BCUT2D eigenvalue weighted by atomic mass is 10.2. The number of benzene rings is 1. The van der Waals surface area contributed by atoms with Crippen molar-refractivity contribution in [2.45, 2.75) is 20.8 Å². The highest BCUT2D eigenvalue weighted by Gasteiger charge is 2.00. The molecule has 0 aliphatic carbocycles. The topological polar surface area (TPSA) is 13.1 Å². The van der Waals surface area contributed by atoms with Gasteiger partial charge in [0.1, 0.15) is 5.58 Å². The van der Waals surface area contributed by atoms with Gasteiger partial charge in [-0.25, -0.2) is 0 Å². The highest BCUT2D eigenvalue weighted by molar-refractivity contribution is 6.31. The van der Waals surface area contributed by atoms with Gasteiger partial charge in [0.25, 0.3) is 0 Å². The van der Waals surface area contributed by atoms with E-state index in [0.717, 1.165) is 16.5 Å². The zero-order valence-electron chi connectivity index (χ0n) is 8.10. The third-order valence-electron chi connectivity index (χ3n) is 1.73. The van der Waals surface area contributed by atoms with Crippen LogP contribution in [0.4, 0.5) is 0 Å². The van der Waals surface area contributed by atoms with E-state index in [4.69, 9.17) is 16.0 Å². The molecule has 0 fully saturated rings. The quantitative estimate of drug-likeness (QED) is 0.608. The molecule has 0 bridgehead atoms. The Morgan fingerprint density at radius 2 is 1.92 bits per heavy atom. The second-order valence-electron chi connectivity index (χ2n) is 2.56. The third-order valence-corrected chi connectivity index (χ3v) is 1.97. The molecule has 1 heterocycles. The van der Waals surface area contributed by atoms with E-state index in [1.54, 1.807) is 6.26 Å². The minimum Gasteiger partial charge on any atom is -0.464 e. The summed E-state index contributed by atoms with van der Waals surface area (Å²) in [5.74, 6) is 0. The molecule has 0 saturated heterocycles. The van der Waals surface area contributed by atoms with Gasteiger partial charge in [0.2, 0.25) is 0 Å². The van der Waals surface area contributed by atoms with Crippen molar-refractivity contribution in [3.8, 4) is 0 Å². The van der Waals surface area contributed by atoms with Gasteiger partial charge >= 0.3 is 0 Å². The highest BCUT2D eigenvalue weighted by Crippen LogP contribution is 2.23. The van der Waals surface area contributed by atoms with Crippen molar-refractivity contribution in [3.63, 3.8) is 0 Å². The van der Waals surface area contributed by atoms with E-state index in [9.17, 15) is 0 Å². The van der Waals surface area contributed by atoms with Crippen molar-refractivity contribution < 1.29 is 4.42 Å². The van der Waals surface area contributed by atoms with Crippen molar-refractivity contribution in [1.29, 1.82) is 0 Å². The minimum atomic E-state index is 0.715. The molecule has 1 aromatic heterocycles. The van der Waals surface area contributed by atoms with E-state index in [1.165, 1.54) is 0 Å². The summed E-state index contributed by atoms with van der Waals surface area (Å²) < 4.78 is 5.25. The highest BCUT2D eigenvalue weighted by atomic mass is 35.5. The van der Waals surface area contributed by atoms with Gasteiger partial charge in [-0.15, -0.1) is 0 Å². The van der Waals surface area contributed by atoms with Crippen LogP contribution in [-0.4, -0.2) is 0 Å². The average Bonchev–Trinajstić information content (AvgIpc) is 2.51. The summed E-state index contributed by atoms with van der Waals surface area (Å²) in [4.78, 5) is 0.